The molecule has 0 saturated carbocycles. The molecule has 2 heterocycles. The van der Waals surface area contributed by atoms with E-state index in [0.717, 1.165) is 0 Å². The summed E-state index contributed by atoms with van der Waals surface area (Å²) in [5, 5.41) is 0.941. The first-order chi connectivity index (χ1) is 10.5. The van der Waals surface area contributed by atoms with E-state index in [0.29, 0.717) is 48.6 Å². The minimum atomic E-state index is -0.316. The quantitative estimate of drug-likeness (QED) is 0.827. The van der Waals surface area contributed by atoms with E-state index >= 15 is 0 Å². The lowest BCUT2D eigenvalue weighted by molar-refractivity contribution is -0.139. The van der Waals surface area contributed by atoms with Gasteiger partial charge in [-0.2, -0.15) is 0 Å². The highest BCUT2D eigenvalue weighted by molar-refractivity contribution is 6.35. The normalized spacial score (nSPS) is 22.3. The number of carbonyl (C=O) groups is 2. The van der Waals surface area contributed by atoms with Crippen molar-refractivity contribution in [1.29, 1.82) is 0 Å². The van der Waals surface area contributed by atoms with Gasteiger partial charge in [0.15, 0.2) is 0 Å². The van der Waals surface area contributed by atoms with Crippen molar-refractivity contribution in [3.05, 3.63) is 28.2 Å². The smallest absolute Gasteiger partial charge is 0.228 e. The molecule has 7 heteroatoms. The van der Waals surface area contributed by atoms with Gasteiger partial charge in [0.25, 0.3) is 0 Å². The third kappa shape index (κ3) is 3.21. The van der Waals surface area contributed by atoms with Crippen LogP contribution in [0, 0.1) is 5.92 Å². The Morgan fingerprint density at radius 2 is 1.77 bits per heavy atom. The van der Waals surface area contributed by atoms with Crippen molar-refractivity contribution in [2.75, 3.05) is 37.7 Å². The summed E-state index contributed by atoms with van der Waals surface area (Å²) in [7, 11) is 0. The van der Waals surface area contributed by atoms with Crippen LogP contribution < -0.4 is 4.90 Å². The molecule has 2 fully saturated rings. The second-order valence-corrected chi connectivity index (χ2v) is 6.34. The molecule has 2 aliphatic heterocycles. The lowest BCUT2D eigenvalue weighted by Gasteiger charge is -2.29. The van der Waals surface area contributed by atoms with Gasteiger partial charge in [-0.05, 0) is 18.2 Å². The minimum Gasteiger partial charge on any atom is -0.378 e. The summed E-state index contributed by atoms with van der Waals surface area (Å²) in [5.41, 5.74) is 0.639. The van der Waals surface area contributed by atoms with Gasteiger partial charge in [-0.15, -0.1) is 0 Å². The first kappa shape index (κ1) is 15.6. The lowest BCUT2D eigenvalue weighted by atomic mass is 10.1. The van der Waals surface area contributed by atoms with Crippen LogP contribution in [0.15, 0.2) is 18.2 Å². The Hall–Kier alpha value is -1.30. The fraction of sp³-hybridized carbons (Fsp3) is 0.467. The number of nitrogens with zero attached hydrogens (tertiary/aromatic N) is 2. The molecule has 0 spiro atoms. The van der Waals surface area contributed by atoms with Crippen LogP contribution in [-0.4, -0.2) is 49.6 Å². The van der Waals surface area contributed by atoms with E-state index in [1.165, 1.54) is 0 Å². The number of halogens is 2. The Morgan fingerprint density at radius 3 is 2.41 bits per heavy atom. The molecule has 1 aromatic carbocycles. The maximum absolute atomic E-state index is 12.5. The largest absolute Gasteiger partial charge is 0.378 e. The van der Waals surface area contributed by atoms with Crippen LogP contribution in [0.4, 0.5) is 5.69 Å². The van der Waals surface area contributed by atoms with Crippen LogP contribution in [0.1, 0.15) is 6.42 Å². The summed E-state index contributed by atoms with van der Waals surface area (Å²) < 4.78 is 5.25. The second-order valence-electron chi connectivity index (χ2n) is 5.47. The molecule has 0 aromatic heterocycles. The first-order valence-corrected chi connectivity index (χ1v) is 7.93. The summed E-state index contributed by atoms with van der Waals surface area (Å²) in [4.78, 5) is 28.1. The average molecular weight is 343 g/mol. The molecule has 1 unspecified atom stereocenters. The second kappa shape index (κ2) is 6.44. The summed E-state index contributed by atoms with van der Waals surface area (Å²) in [6.07, 6.45) is 0.223. The topological polar surface area (TPSA) is 49.9 Å². The number of carbonyl (C=O) groups excluding carboxylic acids is 2. The molecule has 0 radical (unpaired) electrons. The molecule has 2 aliphatic rings. The van der Waals surface area contributed by atoms with Gasteiger partial charge >= 0.3 is 0 Å². The summed E-state index contributed by atoms with van der Waals surface area (Å²) >= 11 is 12.0. The molecule has 1 aromatic rings. The van der Waals surface area contributed by atoms with E-state index in [1.807, 2.05) is 0 Å². The van der Waals surface area contributed by atoms with E-state index in [2.05, 4.69) is 0 Å². The van der Waals surface area contributed by atoms with Crippen molar-refractivity contribution in [3.63, 3.8) is 0 Å². The van der Waals surface area contributed by atoms with Gasteiger partial charge in [-0.1, -0.05) is 23.2 Å². The Labute approximate surface area is 138 Å². The maximum Gasteiger partial charge on any atom is 0.228 e. The standard InChI is InChI=1S/C15H16Cl2N2O3/c16-11-6-12(17)8-13(7-11)19-9-10(5-14(19)20)15(21)18-1-3-22-4-2-18/h6-8,10H,1-5,9H2. The number of rotatable bonds is 2. The predicted octanol–water partition coefficient (Wildman–Crippen LogP) is 2.21. The molecular formula is C15H16Cl2N2O3. The van der Waals surface area contributed by atoms with Crippen LogP contribution in [-0.2, 0) is 14.3 Å². The van der Waals surface area contributed by atoms with Gasteiger partial charge in [0.05, 0.1) is 19.1 Å². The predicted molar refractivity (Wildman–Crippen MR) is 84.3 cm³/mol. The van der Waals surface area contributed by atoms with Crippen molar-refractivity contribution in [2.45, 2.75) is 6.42 Å². The highest BCUT2D eigenvalue weighted by atomic mass is 35.5. The monoisotopic (exact) mass is 342 g/mol. The van der Waals surface area contributed by atoms with E-state index < -0.39 is 0 Å². The fourth-order valence-electron chi connectivity index (χ4n) is 2.86. The molecule has 1 atom stereocenters. The van der Waals surface area contributed by atoms with Gasteiger partial charge in [-0.25, -0.2) is 0 Å². The Morgan fingerprint density at radius 1 is 1.14 bits per heavy atom. The van der Waals surface area contributed by atoms with Crippen LogP contribution in [0.3, 0.4) is 0 Å². The van der Waals surface area contributed by atoms with Crippen LogP contribution >= 0.6 is 23.2 Å². The highest BCUT2D eigenvalue weighted by Crippen LogP contribution is 2.31. The van der Waals surface area contributed by atoms with E-state index in [4.69, 9.17) is 27.9 Å². The zero-order valence-electron chi connectivity index (χ0n) is 11.9. The maximum atomic E-state index is 12.5. The number of morpholine rings is 1. The molecule has 5 nitrogen and oxygen atoms in total. The summed E-state index contributed by atoms with van der Waals surface area (Å²) in [6, 6.07) is 4.99. The SMILES string of the molecule is O=C(C1CC(=O)N(c2cc(Cl)cc(Cl)c2)C1)N1CCOCC1. The minimum absolute atomic E-state index is 0.0206. The Bertz CT molecular complexity index is 582. The lowest BCUT2D eigenvalue weighted by Crippen LogP contribution is -2.44. The van der Waals surface area contributed by atoms with Crippen LogP contribution in [0.5, 0.6) is 0 Å². The molecule has 0 bridgehead atoms. The van der Waals surface area contributed by atoms with E-state index in [1.54, 1.807) is 28.0 Å². The van der Waals surface area contributed by atoms with Crippen LogP contribution in [0.25, 0.3) is 0 Å². The number of hydrogen-bond donors (Lipinski definition) is 0. The molecule has 0 aliphatic carbocycles. The number of amides is 2. The molecule has 2 amide bonds. The van der Waals surface area contributed by atoms with Gasteiger partial charge in [0.2, 0.25) is 11.8 Å². The molecule has 2 saturated heterocycles. The molecule has 0 N–H and O–H groups in total. The summed E-state index contributed by atoms with van der Waals surface area (Å²) in [6.45, 7) is 2.66. The zero-order valence-corrected chi connectivity index (χ0v) is 13.4. The number of hydrogen-bond acceptors (Lipinski definition) is 3. The van der Waals surface area contributed by atoms with Crippen LogP contribution in [0.2, 0.25) is 10.0 Å². The summed E-state index contributed by atoms with van der Waals surface area (Å²) in [5.74, 6) is -0.374. The third-order valence-electron chi connectivity index (χ3n) is 3.96. The van der Waals surface area contributed by atoms with E-state index in [-0.39, 0.29) is 24.2 Å². The van der Waals surface area contributed by atoms with Gasteiger partial charge in [-0.3, -0.25) is 9.59 Å². The first-order valence-electron chi connectivity index (χ1n) is 7.17. The Kier molecular flexibility index (Phi) is 4.57. The number of anilines is 1. The third-order valence-corrected chi connectivity index (χ3v) is 4.39. The highest BCUT2D eigenvalue weighted by Gasteiger charge is 2.37. The van der Waals surface area contributed by atoms with Gasteiger partial charge in [0, 0.05) is 41.8 Å². The van der Waals surface area contributed by atoms with Crippen molar-refractivity contribution in [3.8, 4) is 0 Å². The Balaban J connectivity index is 1.73. The molecule has 3 rings (SSSR count). The number of benzene rings is 1. The van der Waals surface area contributed by atoms with Crippen molar-refractivity contribution in [2.24, 2.45) is 5.92 Å². The fourth-order valence-corrected chi connectivity index (χ4v) is 3.37. The van der Waals surface area contributed by atoms with Crippen molar-refractivity contribution < 1.29 is 14.3 Å². The van der Waals surface area contributed by atoms with Gasteiger partial charge < -0.3 is 14.5 Å². The van der Waals surface area contributed by atoms with Crippen molar-refractivity contribution in [1.82, 2.24) is 4.90 Å². The number of ether oxygens (including phenoxy) is 1. The molecular weight excluding hydrogens is 327 g/mol. The average Bonchev–Trinajstić information content (AvgIpc) is 2.88. The van der Waals surface area contributed by atoms with Crippen molar-refractivity contribution >= 4 is 40.7 Å². The zero-order chi connectivity index (χ0) is 15.7. The molecule has 118 valence electrons. The molecule has 22 heavy (non-hydrogen) atoms. The van der Waals surface area contributed by atoms with E-state index in [9.17, 15) is 9.59 Å². The van der Waals surface area contributed by atoms with Gasteiger partial charge in [0.1, 0.15) is 0 Å².